The first-order chi connectivity index (χ1) is 7.97. The van der Waals surface area contributed by atoms with Crippen molar-refractivity contribution >= 4 is 17.1 Å². The number of aryl methyl sites for hydroxylation is 1. The fourth-order valence-electron chi connectivity index (χ4n) is 1.57. The van der Waals surface area contributed by atoms with Gasteiger partial charge in [0.15, 0.2) is 11.2 Å². The number of halogens is 2. The Labute approximate surface area is 92.7 Å². The topological polar surface area (TPSA) is 84.7 Å². The van der Waals surface area contributed by atoms with Crippen molar-refractivity contribution in [3.63, 3.8) is 0 Å². The van der Waals surface area contributed by atoms with Gasteiger partial charge in [0, 0.05) is 14.1 Å². The second-order valence-corrected chi connectivity index (χ2v) is 3.32. The number of aromatic nitrogens is 4. The van der Waals surface area contributed by atoms with Gasteiger partial charge < -0.3 is 5.32 Å². The molecule has 0 saturated carbocycles. The predicted octanol–water partition coefficient (Wildman–Crippen LogP) is -0.140. The van der Waals surface area contributed by atoms with Crippen LogP contribution in [0, 0.1) is 0 Å². The van der Waals surface area contributed by atoms with Crippen LogP contribution in [0.4, 0.5) is 14.7 Å². The van der Waals surface area contributed by atoms with E-state index in [0.717, 1.165) is 4.57 Å². The number of nitrogens with one attached hydrogen (secondary N) is 2. The molecular weight excluding hydrogens is 236 g/mol. The Morgan fingerprint density at radius 1 is 1.41 bits per heavy atom. The first kappa shape index (κ1) is 11.3. The number of nitrogens with zero attached hydrogens (tertiary/aromatic N) is 3. The number of hydrogen-bond acceptors (Lipinski definition) is 4. The number of H-pyrrole nitrogens is 1. The Balaban J connectivity index is 3.03. The Morgan fingerprint density at radius 2 is 2.06 bits per heavy atom. The van der Waals surface area contributed by atoms with Crippen LogP contribution in [-0.4, -0.2) is 26.1 Å². The van der Waals surface area contributed by atoms with E-state index in [9.17, 15) is 18.4 Å². The van der Waals surface area contributed by atoms with E-state index < -0.39 is 17.8 Å². The summed E-state index contributed by atoms with van der Waals surface area (Å²) in [4.78, 5) is 28.5. The van der Waals surface area contributed by atoms with Crippen molar-refractivity contribution in [2.45, 2.75) is 6.55 Å². The van der Waals surface area contributed by atoms with Crippen molar-refractivity contribution in [1.82, 2.24) is 19.1 Å². The minimum atomic E-state index is -2.93. The van der Waals surface area contributed by atoms with E-state index in [1.165, 1.54) is 14.1 Å². The first-order valence-electron chi connectivity index (χ1n) is 4.64. The number of anilines is 1. The lowest BCUT2D eigenvalue weighted by Crippen LogP contribution is -2.29. The fourth-order valence-corrected chi connectivity index (χ4v) is 1.57. The van der Waals surface area contributed by atoms with Crippen molar-refractivity contribution in [2.75, 3.05) is 12.4 Å². The van der Waals surface area contributed by atoms with Gasteiger partial charge in [-0.3, -0.25) is 14.3 Å². The molecule has 0 unspecified atom stereocenters. The van der Waals surface area contributed by atoms with E-state index >= 15 is 0 Å². The molecule has 0 aliphatic carbocycles. The largest absolute Gasteiger partial charge is 0.359 e. The van der Waals surface area contributed by atoms with E-state index in [1.807, 2.05) is 4.98 Å². The maximum Gasteiger partial charge on any atom is 0.329 e. The maximum absolute atomic E-state index is 12.8. The lowest BCUT2D eigenvalue weighted by atomic mass is 10.5. The van der Waals surface area contributed by atoms with Crippen LogP contribution in [0.3, 0.4) is 0 Å². The number of aromatic amines is 1. The molecule has 0 atom stereocenters. The average Bonchev–Trinajstić information content (AvgIpc) is 2.65. The summed E-state index contributed by atoms with van der Waals surface area (Å²) in [5, 5.41) is 2.44. The Morgan fingerprint density at radius 3 is 2.59 bits per heavy atom. The third-order valence-corrected chi connectivity index (χ3v) is 2.37. The van der Waals surface area contributed by atoms with Gasteiger partial charge in [-0.2, -0.15) is 13.8 Å². The predicted molar refractivity (Wildman–Crippen MR) is 56.4 cm³/mol. The average molecular weight is 245 g/mol. The molecule has 0 aliphatic heterocycles. The summed E-state index contributed by atoms with van der Waals surface area (Å²) in [5.41, 5.74) is -2.03. The van der Waals surface area contributed by atoms with Crippen LogP contribution in [0.2, 0.25) is 0 Å². The van der Waals surface area contributed by atoms with Gasteiger partial charge in [-0.25, -0.2) is 9.36 Å². The number of rotatable bonds is 2. The van der Waals surface area contributed by atoms with Gasteiger partial charge in [0.05, 0.1) is 0 Å². The van der Waals surface area contributed by atoms with Gasteiger partial charge >= 0.3 is 12.2 Å². The highest BCUT2D eigenvalue weighted by molar-refractivity contribution is 5.74. The SMILES string of the molecule is CNc1nc2c(c(=O)[nH]c(=O)n2C)n1C(F)F. The highest BCUT2D eigenvalue weighted by Crippen LogP contribution is 2.22. The lowest BCUT2D eigenvalue weighted by Gasteiger charge is -2.05. The molecule has 9 heteroatoms. The summed E-state index contributed by atoms with van der Waals surface area (Å²) < 4.78 is 27.1. The molecule has 0 aromatic carbocycles. The van der Waals surface area contributed by atoms with Crippen LogP contribution in [0.15, 0.2) is 9.59 Å². The van der Waals surface area contributed by atoms with E-state index in [0.29, 0.717) is 4.57 Å². The highest BCUT2D eigenvalue weighted by atomic mass is 19.3. The lowest BCUT2D eigenvalue weighted by molar-refractivity contribution is 0.0766. The van der Waals surface area contributed by atoms with Crippen LogP contribution in [0.5, 0.6) is 0 Å². The van der Waals surface area contributed by atoms with Crippen molar-refractivity contribution in [3.8, 4) is 0 Å². The van der Waals surface area contributed by atoms with Gasteiger partial charge in [-0.05, 0) is 0 Å². The summed E-state index contributed by atoms with van der Waals surface area (Å²) in [7, 11) is 2.73. The number of alkyl halides is 2. The summed E-state index contributed by atoms with van der Waals surface area (Å²) >= 11 is 0. The summed E-state index contributed by atoms with van der Waals surface area (Å²) in [6.45, 7) is -2.93. The van der Waals surface area contributed by atoms with Crippen molar-refractivity contribution < 1.29 is 8.78 Å². The van der Waals surface area contributed by atoms with E-state index in [1.54, 1.807) is 0 Å². The zero-order valence-electron chi connectivity index (χ0n) is 8.99. The Hall–Kier alpha value is -2.19. The van der Waals surface area contributed by atoms with E-state index in [2.05, 4.69) is 10.3 Å². The minimum Gasteiger partial charge on any atom is -0.359 e. The summed E-state index contributed by atoms with van der Waals surface area (Å²) in [5.74, 6) is -0.179. The first-order valence-corrected chi connectivity index (χ1v) is 4.64. The molecule has 0 bridgehead atoms. The smallest absolute Gasteiger partial charge is 0.329 e. The minimum absolute atomic E-state index is 0.0941. The van der Waals surface area contributed by atoms with Crippen LogP contribution >= 0.6 is 0 Å². The molecule has 17 heavy (non-hydrogen) atoms. The monoisotopic (exact) mass is 245 g/mol. The number of imidazole rings is 1. The van der Waals surface area contributed by atoms with Gasteiger partial charge in [0.25, 0.3) is 5.56 Å². The normalized spacial score (nSPS) is 11.4. The van der Waals surface area contributed by atoms with Gasteiger partial charge in [0.2, 0.25) is 5.95 Å². The molecule has 0 aliphatic rings. The van der Waals surface area contributed by atoms with Crippen LogP contribution < -0.4 is 16.6 Å². The molecule has 2 aromatic rings. The highest BCUT2D eigenvalue weighted by Gasteiger charge is 2.21. The zero-order valence-corrected chi connectivity index (χ0v) is 8.99. The molecule has 0 spiro atoms. The van der Waals surface area contributed by atoms with Crippen LogP contribution in [0.1, 0.15) is 6.55 Å². The third-order valence-electron chi connectivity index (χ3n) is 2.37. The van der Waals surface area contributed by atoms with E-state index in [4.69, 9.17) is 0 Å². The molecule has 0 radical (unpaired) electrons. The van der Waals surface area contributed by atoms with Gasteiger partial charge in [-0.15, -0.1) is 0 Å². The quantitative estimate of drug-likeness (QED) is 0.771. The standard InChI is InChI=1S/C8H9F2N5O2/c1-11-7-12-4-3(15(7)6(9)10)5(16)13-8(17)14(4)2/h6H,1-2H3,(H,11,12)(H,13,16,17). The van der Waals surface area contributed by atoms with Crippen molar-refractivity contribution in [2.24, 2.45) is 7.05 Å². The van der Waals surface area contributed by atoms with Crippen molar-refractivity contribution in [3.05, 3.63) is 20.8 Å². The Kier molecular flexibility index (Phi) is 2.45. The fraction of sp³-hybridized carbons (Fsp3) is 0.375. The molecular formula is C8H9F2N5O2. The molecule has 0 saturated heterocycles. The molecule has 0 amide bonds. The molecule has 92 valence electrons. The molecule has 0 fully saturated rings. The molecule has 2 rings (SSSR count). The molecule has 7 nitrogen and oxygen atoms in total. The summed E-state index contributed by atoms with van der Waals surface area (Å²) in [6, 6.07) is 0. The summed E-state index contributed by atoms with van der Waals surface area (Å²) in [6.07, 6.45) is 0. The third kappa shape index (κ3) is 1.50. The second kappa shape index (κ2) is 3.68. The maximum atomic E-state index is 12.8. The molecule has 2 N–H and O–H groups in total. The molecule has 2 aromatic heterocycles. The second-order valence-electron chi connectivity index (χ2n) is 3.32. The van der Waals surface area contributed by atoms with Gasteiger partial charge in [0.1, 0.15) is 0 Å². The number of fused-ring (bicyclic) bond motifs is 1. The van der Waals surface area contributed by atoms with Crippen LogP contribution in [-0.2, 0) is 7.05 Å². The molecule has 2 heterocycles. The van der Waals surface area contributed by atoms with Crippen LogP contribution in [0.25, 0.3) is 11.2 Å². The number of hydrogen-bond donors (Lipinski definition) is 2. The van der Waals surface area contributed by atoms with Gasteiger partial charge in [-0.1, -0.05) is 0 Å². The van der Waals surface area contributed by atoms with E-state index in [-0.39, 0.29) is 17.1 Å². The van der Waals surface area contributed by atoms with Crippen molar-refractivity contribution in [1.29, 1.82) is 0 Å². The zero-order chi connectivity index (χ0) is 12.7. The Bertz CT molecular complexity index is 684.